The molecule has 0 aromatic heterocycles. The molecule has 0 aliphatic carbocycles. The lowest BCUT2D eigenvalue weighted by Gasteiger charge is -2.26. The third kappa shape index (κ3) is 4.71. The first-order chi connectivity index (χ1) is 21.7. The Balaban J connectivity index is 1.19. The molecule has 0 fully saturated rings. The second-order valence-corrected chi connectivity index (χ2v) is 11.5. The maximum atomic E-state index is 2.34. The maximum absolute atomic E-state index is 2.34. The highest BCUT2D eigenvalue weighted by atomic mass is 15.1. The molecule has 0 heterocycles. The standard InChI is InChI=1S/C42H30BN/c43-35-19-25-38(26-20-35)44(36-21-15-30(16-22-36)33-14-13-29-7-1-2-8-32(29)27-33)37-23-17-31(18-24-37)42-28-34-9-3-4-10-39(34)40-11-5-6-12-41(40)42/h1-28H,43H2. The minimum Gasteiger partial charge on any atom is -0.311 e. The third-order valence-electron chi connectivity index (χ3n) is 8.71. The number of hydrogen-bond acceptors (Lipinski definition) is 1. The average molecular weight is 560 g/mol. The van der Waals surface area contributed by atoms with E-state index in [1.165, 1.54) is 60.0 Å². The van der Waals surface area contributed by atoms with Crippen molar-refractivity contribution in [2.75, 3.05) is 4.90 Å². The fourth-order valence-electron chi connectivity index (χ4n) is 6.40. The topological polar surface area (TPSA) is 3.24 Å². The molecule has 0 aliphatic rings. The van der Waals surface area contributed by atoms with Crippen molar-refractivity contribution >= 4 is 62.7 Å². The molecular weight excluding hydrogens is 529 g/mol. The zero-order valence-electron chi connectivity index (χ0n) is 24.6. The monoisotopic (exact) mass is 559 g/mol. The molecule has 0 bridgehead atoms. The highest BCUT2D eigenvalue weighted by Gasteiger charge is 2.14. The molecule has 0 unspecified atom stereocenters. The molecule has 0 amide bonds. The van der Waals surface area contributed by atoms with Crippen LogP contribution in [0.15, 0.2) is 170 Å². The van der Waals surface area contributed by atoms with Crippen molar-refractivity contribution in [2.24, 2.45) is 0 Å². The Labute approximate surface area is 259 Å². The number of benzene rings is 8. The van der Waals surface area contributed by atoms with E-state index in [0.717, 1.165) is 17.1 Å². The molecule has 206 valence electrons. The Morgan fingerprint density at radius 1 is 0.341 bits per heavy atom. The summed E-state index contributed by atoms with van der Waals surface area (Å²) in [6.07, 6.45) is 0. The summed E-state index contributed by atoms with van der Waals surface area (Å²) in [7, 11) is 2.13. The summed E-state index contributed by atoms with van der Waals surface area (Å²) in [5.41, 5.74) is 9.55. The Hall–Kier alpha value is -5.60. The minimum absolute atomic E-state index is 1.13. The summed E-state index contributed by atoms with van der Waals surface area (Å²) in [6.45, 7) is 0. The predicted octanol–water partition coefficient (Wildman–Crippen LogP) is 10.2. The molecule has 8 aromatic rings. The number of anilines is 3. The van der Waals surface area contributed by atoms with E-state index in [1.54, 1.807) is 0 Å². The van der Waals surface area contributed by atoms with Gasteiger partial charge < -0.3 is 4.90 Å². The van der Waals surface area contributed by atoms with Crippen molar-refractivity contribution < 1.29 is 0 Å². The van der Waals surface area contributed by atoms with E-state index >= 15 is 0 Å². The van der Waals surface area contributed by atoms with Gasteiger partial charge in [0.05, 0.1) is 0 Å². The third-order valence-corrected chi connectivity index (χ3v) is 8.71. The van der Waals surface area contributed by atoms with Crippen molar-refractivity contribution in [3.05, 3.63) is 170 Å². The van der Waals surface area contributed by atoms with Gasteiger partial charge in [0.25, 0.3) is 0 Å². The number of fused-ring (bicyclic) bond motifs is 4. The molecule has 0 spiro atoms. The van der Waals surface area contributed by atoms with Crippen LogP contribution >= 0.6 is 0 Å². The Kier molecular flexibility index (Phi) is 6.46. The van der Waals surface area contributed by atoms with Crippen LogP contribution in [0.3, 0.4) is 0 Å². The first-order valence-electron chi connectivity index (χ1n) is 15.2. The first kappa shape index (κ1) is 26.1. The summed E-state index contributed by atoms with van der Waals surface area (Å²) in [4.78, 5) is 2.34. The summed E-state index contributed by atoms with van der Waals surface area (Å²) < 4.78 is 0. The highest BCUT2D eigenvalue weighted by Crippen LogP contribution is 2.39. The van der Waals surface area contributed by atoms with Gasteiger partial charge in [0.15, 0.2) is 0 Å². The van der Waals surface area contributed by atoms with E-state index in [0.29, 0.717) is 0 Å². The van der Waals surface area contributed by atoms with Crippen molar-refractivity contribution in [1.82, 2.24) is 0 Å². The molecule has 1 nitrogen and oxygen atoms in total. The molecule has 0 radical (unpaired) electrons. The average Bonchev–Trinajstić information content (AvgIpc) is 3.09. The molecule has 0 saturated heterocycles. The van der Waals surface area contributed by atoms with Crippen molar-refractivity contribution in [2.45, 2.75) is 0 Å². The molecule has 0 atom stereocenters. The second-order valence-electron chi connectivity index (χ2n) is 11.5. The zero-order valence-corrected chi connectivity index (χ0v) is 24.6. The summed E-state index contributed by atoms with van der Waals surface area (Å²) in [5.74, 6) is 0. The van der Waals surface area contributed by atoms with Gasteiger partial charge in [-0.2, -0.15) is 0 Å². The summed E-state index contributed by atoms with van der Waals surface area (Å²) >= 11 is 0. The Morgan fingerprint density at radius 2 is 0.841 bits per heavy atom. The summed E-state index contributed by atoms with van der Waals surface area (Å²) in [5, 5.41) is 7.64. The van der Waals surface area contributed by atoms with Gasteiger partial charge in [-0.15, -0.1) is 0 Å². The van der Waals surface area contributed by atoms with Gasteiger partial charge in [-0.1, -0.05) is 127 Å². The molecule has 0 saturated carbocycles. The van der Waals surface area contributed by atoms with Crippen molar-refractivity contribution in [1.29, 1.82) is 0 Å². The van der Waals surface area contributed by atoms with Crippen LogP contribution in [0.2, 0.25) is 0 Å². The van der Waals surface area contributed by atoms with E-state index in [2.05, 4.69) is 183 Å². The number of rotatable bonds is 5. The van der Waals surface area contributed by atoms with Crippen LogP contribution in [-0.2, 0) is 0 Å². The molecule has 8 rings (SSSR count). The van der Waals surface area contributed by atoms with Crippen LogP contribution in [-0.4, -0.2) is 7.85 Å². The zero-order chi connectivity index (χ0) is 29.5. The second kappa shape index (κ2) is 10.9. The quantitative estimate of drug-likeness (QED) is 0.150. The first-order valence-corrected chi connectivity index (χ1v) is 15.2. The van der Waals surface area contributed by atoms with Crippen molar-refractivity contribution in [3.8, 4) is 22.3 Å². The van der Waals surface area contributed by atoms with Crippen LogP contribution < -0.4 is 10.4 Å². The molecule has 0 N–H and O–H groups in total. The van der Waals surface area contributed by atoms with Crippen LogP contribution in [0.1, 0.15) is 0 Å². The SMILES string of the molecule is Bc1ccc(N(c2ccc(-c3ccc4ccccc4c3)cc2)c2ccc(-c3cc4ccccc4c4ccccc34)cc2)cc1. The molecule has 8 aromatic carbocycles. The number of hydrogen-bond donors (Lipinski definition) is 0. The van der Waals surface area contributed by atoms with Gasteiger partial charge in [0, 0.05) is 17.1 Å². The maximum Gasteiger partial charge on any atom is 0.139 e. The Morgan fingerprint density at radius 3 is 1.52 bits per heavy atom. The smallest absolute Gasteiger partial charge is 0.139 e. The van der Waals surface area contributed by atoms with E-state index in [-0.39, 0.29) is 0 Å². The van der Waals surface area contributed by atoms with E-state index in [4.69, 9.17) is 0 Å². The lowest BCUT2D eigenvalue weighted by Crippen LogP contribution is -2.11. The van der Waals surface area contributed by atoms with Gasteiger partial charge in [-0.25, -0.2) is 0 Å². The van der Waals surface area contributed by atoms with Gasteiger partial charge >= 0.3 is 0 Å². The highest BCUT2D eigenvalue weighted by molar-refractivity contribution is 6.32. The van der Waals surface area contributed by atoms with Crippen molar-refractivity contribution in [3.63, 3.8) is 0 Å². The van der Waals surface area contributed by atoms with Crippen LogP contribution in [0.5, 0.6) is 0 Å². The number of nitrogens with zero attached hydrogens (tertiary/aromatic N) is 1. The molecular formula is C42H30BN. The molecule has 2 heteroatoms. The summed E-state index contributed by atoms with van der Waals surface area (Å²) in [6, 6.07) is 61.7. The lowest BCUT2D eigenvalue weighted by molar-refractivity contribution is 1.29. The van der Waals surface area contributed by atoms with Crippen LogP contribution in [0.25, 0.3) is 54.6 Å². The van der Waals surface area contributed by atoms with Crippen LogP contribution in [0.4, 0.5) is 17.1 Å². The lowest BCUT2D eigenvalue weighted by atomic mass is 9.93. The van der Waals surface area contributed by atoms with E-state index in [9.17, 15) is 0 Å². The van der Waals surface area contributed by atoms with E-state index < -0.39 is 0 Å². The predicted molar refractivity (Wildman–Crippen MR) is 193 cm³/mol. The van der Waals surface area contributed by atoms with Gasteiger partial charge in [-0.3, -0.25) is 0 Å². The normalized spacial score (nSPS) is 11.3. The van der Waals surface area contributed by atoms with Gasteiger partial charge in [0.2, 0.25) is 0 Å². The largest absolute Gasteiger partial charge is 0.311 e. The fourth-order valence-corrected chi connectivity index (χ4v) is 6.40. The van der Waals surface area contributed by atoms with Gasteiger partial charge in [-0.05, 0) is 103 Å². The molecule has 0 aliphatic heterocycles. The van der Waals surface area contributed by atoms with Gasteiger partial charge in [0.1, 0.15) is 7.85 Å². The van der Waals surface area contributed by atoms with E-state index in [1.807, 2.05) is 0 Å². The Bertz CT molecular complexity index is 2270. The fraction of sp³-hybridized carbons (Fsp3) is 0. The minimum atomic E-state index is 1.13. The van der Waals surface area contributed by atoms with Crippen LogP contribution in [0, 0.1) is 0 Å². The molecule has 44 heavy (non-hydrogen) atoms.